The van der Waals surface area contributed by atoms with E-state index in [9.17, 15) is 4.79 Å². The Hall–Kier alpha value is -2.56. The van der Waals surface area contributed by atoms with Crippen LogP contribution in [0.15, 0.2) is 42.6 Å². The molecule has 0 unspecified atom stereocenters. The van der Waals surface area contributed by atoms with Crippen LogP contribution in [0, 0.1) is 0 Å². The molecule has 0 aliphatic rings. The lowest BCUT2D eigenvalue weighted by atomic mass is 10.1. The standard InChI is InChI=1S/C16H19N3O2/c1-19(2)16(20)13-6-4-5-7-14(13)17-10-12-8-9-15(21-3)18-11-12/h4-9,11,17H,10H2,1-3H3. The number of hydrogen-bond acceptors (Lipinski definition) is 4. The third-order valence-electron chi connectivity index (χ3n) is 3.05. The molecule has 0 aliphatic heterocycles. The number of para-hydroxylation sites is 1. The van der Waals surface area contributed by atoms with Gasteiger partial charge in [0.25, 0.3) is 5.91 Å². The van der Waals surface area contributed by atoms with Crippen molar-refractivity contribution in [3.8, 4) is 5.88 Å². The van der Waals surface area contributed by atoms with Crippen molar-refractivity contribution in [3.05, 3.63) is 53.7 Å². The summed E-state index contributed by atoms with van der Waals surface area (Å²) in [6.45, 7) is 0.592. The predicted octanol–water partition coefficient (Wildman–Crippen LogP) is 2.40. The first-order chi connectivity index (χ1) is 10.1. The molecule has 21 heavy (non-hydrogen) atoms. The van der Waals surface area contributed by atoms with Crippen LogP contribution in [0.4, 0.5) is 5.69 Å². The van der Waals surface area contributed by atoms with Crippen LogP contribution >= 0.6 is 0 Å². The third-order valence-corrected chi connectivity index (χ3v) is 3.05. The summed E-state index contributed by atoms with van der Waals surface area (Å²) in [5.74, 6) is 0.563. The van der Waals surface area contributed by atoms with Crippen molar-refractivity contribution < 1.29 is 9.53 Å². The van der Waals surface area contributed by atoms with Gasteiger partial charge in [-0.25, -0.2) is 4.98 Å². The molecule has 0 saturated carbocycles. The molecule has 0 aliphatic carbocycles. The Kier molecular flexibility index (Phi) is 4.77. The van der Waals surface area contributed by atoms with Crippen molar-refractivity contribution in [1.82, 2.24) is 9.88 Å². The lowest BCUT2D eigenvalue weighted by Gasteiger charge is -2.15. The maximum Gasteiger partial charge on any atom is 0.255 e. The molecule has 1 amide bonds. The molecular formula is C16H19N3O2. The zero-order valence-electron chi connectivity index (χ0n) is 12.5. The molecule has 5 nitrogen and oxygen atoms in total. The highest BCUT2D eigenvalue weighted by Crippen LogP contribution is 2.17. The molecule has 1 aromatic heterocycles. The highest BCUT2D eigenvalue weighted by Gasteiger charge is 2.12. The molecule has 1 heterocycles. The minimum Gasteiger partial charge on any atom is -0.481 e. The molecule has 5 heteroatoms. The van der Waals surface area contributed by atoms with Crippen LogP contribution in [-0.4, -0.2) is 37.0 Å². The zero-order valence-corrected chi connectivity index (χ0v) is 12.5. The largest absolute Gasteiger partial charge is 0.481 e. The Labute approximate surface area is 124 Å². The molecule has 0 bridgehead atoms. The summed E-state index contributed by atoms with van der Waals surface area (Å²) in [4.78, 5) is 17.8. The van der Waals surface area contributed by atoms with Gasteiger partial charge in [-0.15, -0.1) is 0 Å². The predicted molar refractivity (Wildman–Crippen MR) is 82.6 cm³/mol. The SMILES string of the molecule is COc1ccc(CNc2ccccc2C(=O)N(C)C)cn1. The molecular weight excluding hydrogens is 266 g/mol. The van der Waals surface area contributed by atoms with Crippen LogP contribution in [0.1, 0.15) is 15.9 Å². The molecule has 1 N–H and O–H groups in total. The second-order valence-electron chi connectivity index (χ2n) is 4.81. The quantitative estimate of drug-likeness (QED) is 0.916. The van der Waals surface area contributed by atoms with Gasteiger partial charge in [0.15, 0.2) is 0 Å². The minimum atomic E-state index is -0.0223. The van der Waals surface area contributed by atoms with Gasteiger partial charge in [0.2, 0.25) is 5.88 Å². The van der Waals surface area contributed by atoms with Crippen molar-refractivity contribution in [2.75, 3.05) is 26.5 Å². The number of hydrogen-bond donors (Lipinski definition) is 1. The molecule has 0 atom stereocenters. The highest BCUT2D eigenvalue weighted by atomic mass is 16.5. The van der Waals surface area contributed by atoms with Crippen molar-refractivity contribution >= 4 is 11.6 Å². The van der Waals surface area contributed by atoms with Gasteiger partial charge < -0.3 is 15.0 Å². The summed E-state index contributed by atoms with van der Waals surface area (Å²) in [6.07, 6.45) is 1.75. The molecule has 2 rings (SSSR count). The van der Waals surface area contributed by atoms with Gasteiger partial charge in [0, 0.05) is 38.6 Å². The molecule has 110 valence electrons. The summed E-state index contributed by atoms with van der Waals surface area (Å²) < 4.78 is 5.03. The van der Waals surface area contributed by atoms with Gasteiger partial charge in [-0.05, 0) is 17.7 Å². The lowest BCUT2D eigenvalue weighted by molar-refractivity contribution is 0.0828. The van der Waals surface area contributed by atoms with Crippen LogP contribution in [0.25, 0.3) is 0 Å². The third kappa shape index (κ3) is 3.72. The Morgan fingerprint density at radius 1 is 1.24 bits per heavy atom. The van der Waals surface area contributed by atoms with Crippen LogP contribution in [0.2, 0.25) is 0 Å². The van der Waals surface area contributed by atoms with E-state index in [1.807, 2.05) is 36.4 Å². The minimum absolute atomic E-state index is 0.0223. The van der Waals surface area contributed by atoms with Gasteiger partial charge in [-0.2, -0.15) is 0 Å². The molecule has 0 fully saturated rings. The maximum absolute atomic E-state index is 12.1. The summed E-state index contributed by atoms with van der Waals surface area (Å²) >= 11 is 0. The van der Waals surface area contributed by atoms with E-state index in [4.69, 9.17) is 4.74 Å². The first kappa shape index (κ1) is 14.8. The van der Waals surface area contributed by atoms with Crippen molar-refractivity contribution in [2.45, 2.75) is 6.54 Å². The van der Waals surface area contributed by atoms with Crippen LogP contribution < -0.4 is 10.1 Å². The summed E-state index contributed by atoms with van der Waals surface area (Å²) in [7, 11) is 5.07. The maximum atomic E-state index is 12.1. The van der Waals surface area contributed by atoms with Gasteiger partial charge >= 0.3 is 0 Å². The first-order valence-electron chi connectivity index (χ1n) is 6.65. The normalized spacial score (nSPS) is 10.0. The Bertz CT molecular complexity index is 609. The van der Waals surface area contributed by atoms with E-state index >= 15 is 0 Å². The van der Waals surface area contributed by atoms with E-state index in [2.05, 4.69) is 10.3 Å². The average Bonchev–Trinajstić information content (AvgIpc) is 2.53. The summed E-state index contributed by atoms with van der Waals surface area (Å²) in [5.41, 5.74) is 2.49. The molecule has 0 spiro atoms. The van der Waals surface area contributed by atoms with E-state index in [1.165, 1.54) is 0 Å². The number of pyridine rings is 1. The van der Waals surface area contributed by atoms with Crippen LogP contribution in [0.3, 0.4) is 0 Å². The average molecular weight is 285 g/mol. The van der Waals surface area contributed by atoms with Crippen molar-refractivity contribution in [2.24, 2.45) is 0 Å². The van der Waals surface area contributed by atoms with Gasteiger partial charge in [0.05, 0.1) is 12.7 Å². The molecule has 0 radical (unpaired) electrons. The summed E-state index contributed by atoms with van der Waals surface area (Å²) in [6, 6.07) is 11.2. The number of anilines is 1. The van der Waals surface area contributed by atoms with Crippen molar-refractivity contribution in [3.63, 3.8) is 0 Å². The van der Waals surface area contributed by atoms with Gasteiger partial charge in [-0.3, -0.25) is 4.79 Å². The molecule has 0 saturated heterocycles. The number of rotatable bonds is 5. The zero-order chi connectivity index (χ0) is 15.2. The monoisotopic (exact) mass is 285 g/mol. The lowest BCUT2D eigenvalue weighted by Crippen LogP contribution is -2.22. The van der Waals surface area contributed by atoms with E-state index in [0.717, 1.165) is 11.3 Å². The number of amides is 1. The second-order valence-corrected chi connectivity index (χ2v) is 4.81. The number of methoxy groups -OCH3 is 1. The first-order valence-corrected chi connectivity index (χ1v) is 6.65. The Morgan fingerprint density at radius 2 is 2.00 bits per heavy atom. The smallest absolute Gasteiger partial charge is 0.255 e. The van der Waals surface area contributed by atoms with E-state index in [-0.39, 0.29) is 5.91 Å². The highest BCUT2D eigenvalue weighted by molar-refractivity contribution is 5.99. The number of nitrogens with zero attached hydrogens (tertiary/aromatic N) is 2. The fraction of sp³-hybridized carbons (Fsp3) is 0.250. The number of benzene rings is 1. The molecule has 2 aromatic rings. The van der Waals surface area contributed by atoms with Crippen LogP contribution in [-0.2, 0) is 6.54 Å². The number of carbonyl (C=O) groups excluding carboxylic acids is 1. The summed E-state index contributed by atoms with van der Waals surface area (Å²) in [5, 5.41) is 3.27. The van der Waals surface area contributed by atoms with Crippen LogP contribution in [0.5, 0.6) is 5.88 Å². The van der Waals surface area contributed by atoms with E-state index in [0.29, 0.717) is 18.0 Å². The van der Waals surface area contributed by atoms with Crippen molar-refractivity contribution in [1.29, 1.82) is 0 Å². The van der Waals surface area contributed by atoms with E-state index in [1.54, 1.807) is 32.3 Å². The number of nitrogens with one attached hydrogen (secondary N) is 1. The fourth-order valence-corrected chi connectivity index (χ4v) is 1.90. The van der Waals surface area contributed by atoms with E-state index < -0.39 is 0 Å². The number of carbonyl (C=O) groups is 1. The molecule has 1 aromatic carbocycles. The number of ether oxygens (including phenoxy) is 1. The Morgan fingerprint density at radius 3 is 2.62 bits per heavy atom. The second kappa shape index (κ2) is 6.74. The topological polar surface area (TPSA) is 54.5 Å². The fourth-order valence-electron chi connectivity index (χ4n) is 1.90. The van der Waals surface area contributed by atoms with Gasteiger partial charge in [-0.1, -0.05) is 18.2 Å². The number of aromatic nitrogens is 1. The Balaban J connectivity index is 2.10. The van der Waals surface area contributed by atoms with Gasteiger partial charge in [0.1, 0.15) is 0 Å².